The summed E-state index contributed by atoms with van der Waals surface area (Å²) in [5.41, 5.74) is 0.283. The third-order valence-corrected chi connectivity index (χ3v) is 4.39. The Balaban J connectivity index is 1.89. The number of rotatable bonds is 6. The van der Waals surface area contributed by atoms with Gasteiger partial charge in [0, 0.05) is 17.4 Å². The van der Waals surface area contributed by atoms with Gasteiger partial charge < -0.3 is 10.4 Å². The van der Waals surface area contributed by atoms with Crippen LogP contribution in [0.15, 0.2) is 30.3 Å². The maximum atomic E-state index is 13.7. The first-order chi connectivity index (χ1) is 10.9. The summed E-state index contributed by atoms with van der Waals surface area (Å²) in [6, 6.07) is 6.40. The highest BCUT2D eigenvalue weighted by molar-refractivity contribution is 7.13. The van der Waals surface area contributed by atoms with Crippen LogP contribution in [-0.2, 0) is 11.3 Å². The molecule has 7 heteroatoms. The first-order valence-corrected chi connectivity index (χ1v) is 7.72. The summed E-state index contributed by atoms with van der Waals surface area (Å²) in [7, 11) is 0. The molecule has 1 amide bonds. The van der Waals surface area contributed by atoms with Crippen molar-refractivity contribution in [1.29, 1.82) is 0 Å². The molecule has 1 aromatic carbocycles. The summed E-state index contributed by atoms with van der Waals surface area (Å²) in [6.07, 6.45) is 0.0553. The van der Waals surface area contributed by atoms with E-state index in [4.69, 9.17) is 5.11 Å². The lowest BCUT2D eigenvalue weighted by Crippen LogP contribution is -2.23. The van der Waals surface area contributed by atoms with Crippen molar-refractivity contribution in [3.05, 3.63) is 57.3 Å². The summed E-state index contributed by atoms with van der Waals surface area (Å²) in [6.45, 7) is 1.90. The molecule has 1 unspecified atom stereocenters. The smallest absolute Gasteiger partial charge is 0.345 e. The van der Waals surface area contributed by atoms with Crippen LogP contribution < -0.4 is 5.32 Å². The van der Waals surface area contributed by atoms with Gasteiger partial charge in [-0.15, -0.1) is 11.3 Å². The van der Waals surface area contributed by atoms with E-state index in [9.17, 15) is 18.4 Å². The van der Waals surface area contributed by atoms with Crippen LogP contribution in [0.3, 0.4) is 0 Å². The molecule has 2 rings (SSSR count). The van der Waals surface area contributed by atoms with Gasteiger partial charge >= 0.3 is 5.97 Å². The van der Waals surface area contributed by atoms with Crippen LogP contribution in [0.2, 0.25) is 0 Å². The van der Waals surface area contributed by atoms with Crippen molar-refractivity contribution in [1.82, 2.24) is 5.32 Å². The fourth-order valence-corrected chi connectivity index (χ4v) is 2.92. The van der Waals surface area contributed by atoms with Crippen molar-refractivity contribution in [3.63, 3.8) is 0 Å². The van der Waals surface area contributed by atoms with E-state index >= 15 is 0 Å². The molecule has 0 spiro atoms. The van der Waals surface area contributed by atoms with E-state index in [1.165, 1.54) is 12.1 Å². The Morgan fingerprint density at radius 2 is 2.00 bits per heavy atom. The molecule has 2 aromatic rings. The van der Waals surface area contributed by atoms with E-state index < -0.39 is 23.5 Å². The lowest BCUT2D eigenvalue weighted by molar-refractivity contribution is -0.121. The summed E-state index contributed by atoms with van der Waals surface area (Å²) in [5.74, 6) is -3.02. The molecule has 2 N–H and O–H groups in total. The molecule has 1 aromatic heterocycles. The molecule has 1 atom stereocenters. The maximum Gasteiger partial charge on any atom is 0.345 e. The average Bonchev–Trinajstić information content (AvgIpc) is 2.94. The molecule has 0 saturated heterocycles. The van der Waals surface area contributed by atoms with E-state index in [1.54, 1.807) is 13.0 Å². The zero-order chi connectivity index (χ0) is 17.0. The van der Waals surface area contributed by atoms with Crippen molar-refractivity contribution in [3.8, 4) is 0 Å². The van der Waals surface area contributed by atoms with Crippen LogP contribution in [0.5, 0.6) is 0 Å². The van der Waals surface area contributed by atoms with Gasteiger partial charge in [0.15, 0.2) is 0 Å². The van der Waals surface area contributed by atoms with E-state index in [0.717, 1.165) is 28.3 Å². The van der Waals surface area contributed by atoms with Crippen molar-refractivity contribution in [2.45, 2.75) is 25.8 Å². The molecule has 0 radical (unpaired) electrons. The number of hydrogen-bond donors (Lipinski definition) is 2. The number of halogens is 2. The van der Waals surface area contributed by atoms with Gasteiger partial charge in [0.2, 0.25) is 5.91 Å². The topological polar surface area (TPSA) is 66.4 Å². The van der Waals surface area contributed by atoms with Gasteiger partial charge in [-0.1, -0.05) is 13.0 Å². The number of hydrogen-bond acceptors (Lipinski definition) is 3. The predicted molar refractivity (Wildman–Crippen MR) is 82.5 cm³/mol. The maximum absolute atomic E-state index is 13.7. The lowest BCUT2D eigenvalue weighted by Gasteiger charge is -2.12. The van der Waals surface area contributed by atoms with Crippen LogP contribution in [0, 0.1) is 11.6 Å². The largest absolute Gasteiger partial charge is 0.477 e. The quantitative estimate of drug-likeness (QED) is 0.846. The van der Waals surface area contributed by atoms with Gasteiger partial charge in [-0.2, -0.15) is 0 Å². The highest BCUT2D eigenvalue weighted by Gasteiger charge is 2.16. The SMILES string of the molecule is CC(CC(=O)NCc1ccc(C(=O)O)s1)c1ccc(F)cc1F. The molecule has 0 saturated carbocycles. The number of carbonyl (C=O) groups excluding carboxylic acids is 1. The van der Waals surface area contributed by atoms with Gasteiger partial charge in [-0.3, -0.25) is 4.79 Å². The molecule has 4 nitrogen and oxygen atoms in total. The number of nitrogens with one attached hydrogen (secondary N) is 1. The van der Waals surface area contributed by atoms with Gasteiger partial charge in [0.1, 0.15) is 16.5 Å². The average molecular weight is 339 g/mol. The Morgan fingerprint density at radius 1 is 1.26 bits per heavy atom. The van der Waals surface area contributed by atoms with E-state index in [-0.39, 0.29) is 29.3 Å². The number of aromatic carboxylic acids is 1. The van der Waals surface area contributed by atoms with Crippen LogP contribution in [-0.4, -0.2) is 17.0 Å². The number of carbonyl (C=O) groups is 2. The normalized spacial score (nSPS) is 12.0. The number of benzene rings is 1. The molecule has 23 heavy (non-hydrogen) atoms. The van der Waals surface area contributed by atoms with E-state index in [0.29, 0.717) is 0 Å². The number of carboxylic acid groups (broad SMARTS) is 1. The van der Waals surface area contributed by atoms with Crippen molar-refractivity contribution >= 4 is 23.2 Å². The van der Waals surface area contributed by atoms with Gasteiger partial charge in [0.25, 0.3) is 0 Å². The van der Waals surface area contributed by atoms with Crippen molar-refractivity contribution in [2.24, 2.45) is 0 Å². The van der Waals surface area contributed by atoms with Crippen LogP contribution in [0.1, 0.15) is 39.4 Å². The minimum absolute atomic E-state index is 0.0553. The molecule has 122 valence electrons. The van der Waals surface area contributed by atoms with Crippen molar-refractivity contribution < 1.29 is 23.5 Å². The van der Waals surface area contributed by atoms with Crippen LogP contribution in [0.25, 0.3) is 0 Å². The Labute approximate surface area is 135 Å². The molecule has 0 fully saturated rings. The Kier molecular flexibility index (Phi) is 5.44. The third-order valence-electron chi connectivity index (χ3n) is 3.32. The Bertz CT molecular complexity index is 730. The molecule has 0 aliphatic carbocycles. The monoisotopic (exact) mass is 339 g/mol. The summed E-state index contributed by atoms with van der Waals surface area (Å²) >= 11 is 1.09. The van der Waals surface area contributed by atoms with E-state index in [1.807, 2.05) is 0 Å². The van der Waals surface area contributed by atoms with Gasteiger partial charge in [-0.05, 0) is 29.7 Å². The zero-order valence-electron chi connectivity index (χ0n) is 12.3. The van der Waals surface area contributed by atoms with Crippen LogP contribution in [0.4, 0.5) is 8.78 Å². The second-order valence-electron chi connectivity index (χ2n) is 5.12. The molecule has 0 aliphatic heterocycles. The fraction of sp³-hybridized carbons (Fsp3) is 0.250. The summed E-state index contributed by atoms with van der Waals surface area (Å²) in [4.78, 5) is 23.6. The number of carboxylic acids is 1. The van der Waals surface area contributed by atoms with E-state index in [2.05, 4.69) is 5.32 Å². The minimum Gasteiger partial charge on any atom is -0.477 e. The summed E-state index contributed by atoms with van der Waals surface area (Å²) < 4.78 is 26.5. The summed E-state index contributed by atoms with van der Waals surface area (Å²) in [5, 5.41) is 11.5. The minimum atomic E-state index is -1.01. The molecular weight excluding hydrogens is 324 g/mol. The second kappa shape index (κ2) is 7.32. The zero-order valence-corrected chi connectivity index (χ0v) is 13.1. The van der Waals surface area contributed by atoms with Gasteiger partial charge in [-0.25, -0.2) is 13.6 Å². The highest BCUT2D eigenvalue weighted by Crippen LogP contribution is 2.23. The standard InChI is InChI=1S/C16H15F2NO3S/c1-9(12-4-2-10(17)7-13(12)18)6-15(20)19-8-11-3-5-14(23-11)16(21)22/h2-5,7,9H,6,8H2,1H3,(H,19,20)(H,21,22). The Morgan fingerprint density at radius 3 is 2.61 bits per heavy atom. The van der Waals surface area contributed by atoms with Crippen LogP contribution >= 0.6 is 11.3 Å². The first-order valence-electron chi connectivity index (χ1n) is 6.90. The number of amides is 1. The predicted octanol–water partition coefficient (Wildman–Crippen LogP) is 3.53. The number of thiophene rings is 1. The lowest BCUT2D eigenvalue weighted by atomic mass is 9.97. The molecule has 0 aliphatic rings. The second-order valence-corrected chi connectivity index (χ2v) is 6.29. The fourth-order valence-electron chi connectivity index (χ4n) is 2.13. The highest BCUT2D eigenvalue weighted by atomic mass is 32.1. The van der Waals surface area contributed by atoms with Crippen molar-refractivity contribution in [2.75, 3.05) is 0 Å². The molecular formula is C16H15F2NO3S. The van der Waals surface area contributed by atoms with Gasteiger partial charge in [0.05, 0.1) is 6.54 Å². The first kappa shape index (κ1) is 17.1. The molecule has 0 bridgehead atoms. The molecule has 1 heterocycles. The Hall–Kier alpha value is -2.28. The third kappa shape index (κ3) is 4.59.